The molecule has 0 atom stereocenters. The lowest BCUT2D eigenvalue weighted by atomic mass is 10.0. The predicted octanol–water partition coefficient (Wildman–Crippen LogP) is 3.82. The van der Waals surface area contributed by atoms with Crippen LogP contribution in [0.3, 0.4) is 0 Å². The van der Waals surface area contributed by atoms with Crippen molar-refractivity contribution in [3.8, 4) is 22.5 Å². The van der Waals surface area contributed by atoms with E-state index in [9.17, 15) is 9.59 Å². The quantitative estimate of drug-likeness (QED) is 0.743. The lowest BCUT2D eigenvalue weighted by Crippen LogP contribution is -2.01. The van der Waals surface area contributed by atoms with Gasteiger partial charge in [0.2, 0.25) is 0 Å². The number of carboxylic acids is 2. The van der Waals surface area contributed by atoms with Crippen molar-refractivity contribution >= 4 is 11.9 Å². The minimum absolute atomic E-state index is 0.214. The van der Waals surface area contributed by atoms with Gasteiger partial charge in [-0.05, 0) is 38.1 Å². The van der Waals surface area contributed by atoms with Crippen LogP contribution in [0, 0.1) is 13.8 Å². The predicted molar refractivity (Wildman–Crippen MR) is 96.3 cm³/mol. The first-order valence-electron chi connectivity index (χ1n) is 7.89. The number of rotatable bonds is 4. The van der Waals surface area contributed by atoms with E-state index < -0.39 is 11.9 Å². The summed E-state index contributed by atoms with van der Waals surface area (Å²) >= 11 is 0. The molecule has 2 N–H and O–H groups in total. The number of benzene rings is 2. The van der Waals surface area contributed by atoms with E-state index in [1.165, 1.54) is 24.3 Å². The van der Waals surface area contributed by atoms with Crippen molar-refractivity contribution in [2.45, 2.75) is 13.8 Å². The molecule has 1 heterocycles. The Morgan fingerprint density at radius 3 is 1.23 bits per heavy atom. The Kier molecular flexibility index (Phi) is 4.49. The number of aromatic carboxylic acids is 2. The van der Waals surface area contributed by atoms with Gasteiger partial charge < -0.3 is 10.2 Å². The second kappa shape index (κ2) is 6.76. The highest BCUT2D eigenvalue weighted by molar-refractivity contribution is 5.89. The van der Waals surface area contributed by atoms with Gasteiger partial charge in [-0.1, -0.05) is 24.3 Å². The second-order valence-electron chi connectivity index (χ2n) is 5.86. The van der Waals surface area contributed by atoms with Crippen LogP contribution < -0.4 is 0 Å². The summed E-state index contributed by atoms with van der Waals surface area (Å²) in [4.78, 5) is 31.2. The monoisotopic (exact) mass is 348 g/mol. The molecular weight excluding hydrogens is 332 g/mol. The van der Waals surface area contributed by atoms with Gasteiger partial charge in [-0.15, -0.1) is 0 Å². The first kappa shape index (κ1) is 17.3. The Labute approximate surface area is 149 Å². The van der Waals surface area contributed by atoms with Gasteiger partial charge in [-0.3, -0.25) is 0 Å². The highest BCUT2D eigenvalue weighted by atomic mass is 16.4. The minimum atomic E-state index is -0.976. The molecule has 0 radical (unpaired) electrons. The molecule has 6 heteroatoms. The topological polar surface area (TPSA) is 100 Å². The summed E-state index contributed by atoms with van der Waals surface area (Å²) in [7, 11) is 0. The normalized spacial score (nSPS) is 10.5. The highest BCUT2D eigenvalue weighted by Gasteiger charge is 2.13. The lowest BCUT2D eigenvalue weighted by Gasteiger charge is -2.11. The molecule has 0 aliphatic rings. The molecule has 3 rings (SSSR count). The van der Waals surface area contributed by atoms with E-state index in [1.807, 2.05) is 13.8 Å². The molecule has 0 saturated carbocycles. The Bertz CT molecular complexity index is 910. The molecule has 0 unspecified atom stereocenters. The number of carbonyl (C=O) groups is 2. The van der Waals surface area contributed by atoms with Crippen LogP contribution in [0.5, 0.6) is 0 Å². The van der Waals surface area contributed by atoms with Crippen LogP contribution in [0.2, 0.25) is 0 Å². The molecule has 0 spiro atoms. The van der Waals surface area contributed by atoms with Gasteiger partial charge in [-0.2, -0.15) is 0 Å². The third-order valence-corrected chi connectivity index (χ3v) is 4.06. The molecule has 0 aliphatic carbocycles. The van der Waals surface area contributed by atoms with Gasteiger partial charge >= 0.3 is 11.9 Å². The van der Waals surface area contributed by atoms with Crippen LogP contribution in [-0.2, 0) is 0 Å². The van der Waals surface area contributed by atoms with Crippen molar-refractivity contribution in [3.05, 3.63) is 71.0 Å². The molecule has 130 valence electrons. The fourth-order valence-electron chi connectivity index (χ4n) is 2.69. The maximum absolute atomic E-state index is 11.0. The van der Waals surface area contributed by atoms with E-state index >= 15 is 0 Å². The summed E-state index contributed by atoms with van der Waals surface area (Å²) in [5.41, 5.74) is 4.78. The summed E-state index contributed by atoms with van der Waals surface area (Å²) in [6.07, 6.45) is 0. The van der Waals surface area contributed by atoms with E-state index in [-0.39, 0.29) is 11.1 Å². The molecule has 0 amide bonds. The number of nitrogens with zero attached hydrogens (tertiary/aromatic N) is 2. The fourth-order valence-corrected chi connectivity index (χ4v) is 2.69. The van der Waals surface area contributed by atoms with Crippen molar-refractivity contribution < 1.29 is 19.8 Å². The third-order valence-electron chi connectivity index (χ3n) is 4.06. The molecular formula is C20H16N2O4. The Morgan fingerprint density at radius 1 is 0.654 bits per heavy atom. The third kappa shape index (κ3) is 3.30. The van der Waals surface area contributed by atoms with Crippen molar-refractivity contribution in [1.82, 2.24) is 9.97 Å². The average Bonchev–Trinajstić information content (AvgIpc) is 2.63. The molecule has 0 saturated heterocycles. The zero-order valence-electron chi connectivity index (χ0n) is 14.2. The smallest absolute Gasteiger partial charge is 0.335 e. The standard InChI is InChI=1S/C20H16N2O4/c1-11-17(13-3-7-15(8-4-13)19(23)24)22-12(2)18(21-11)14-5-9-16(10-6-14)20(25)26/h3-10H,1-2H3,(H,23,24)(H,25,26). The van der Waals surface area contributed by atoms with Crippen LogP contribution in [-0.4, -0.2) is 32.1 Å². The summed E-state index contributed by atoms with van der Waals surface area (Å²) < 4.78 is 0. The van der Waals surface area contributed by atoms with E-state index in [0.29, 0.717) is 22.8 Å². The summed E-state index contributed by atoms with van der Waals surface area (Å²) in [6, 6.07) is 13.0. The molecule has 26 heavy (non-hydrogen) atoms. The first-order chi connectivity index (χ1) is 12.4. The van der Waals surface area contributed by atoms with Gasteiger partial charge in [0, 0.05) is 11.1 Å². The molecule has 0 bridgehead atoms. The number of hydrogen-bond donors (Lipinski definition) is 2. The van der Waals surface area contributed by atoms with Crippen LogP contribution in [0.15, 0.2) is 48.5 Å². The van der Waals surface area contributed by atoms with Crippen LogP contribution in [0.25, 0.3) is 22.5 Å². The number of aryl methyl sites for hydroxylation is 2. The molecule has 3 aromatic rings. The van der Waals surface area contributed by atoms with Crippen LogP contribution in [0.4, 0.5) is 0 Å². The molecule has 0 fully saturated rings. The van der Waals surface area contributed by atoms with E-state index in [1.54, 1.807) is 24.3 Å². The van der Waals surface area contributed by atoms with Crippen molar-refractivity contribution in [2.24, 2.45) is 0 Å². The van der Waals surface area contributed by atoms with E-state index in [0.717, 1.165) is 11.1 Å². The van der Waals surface area contributed by atoms with E-state index in [2.05, 4.69) is 9.97 Å². The van der Waals surface area contributed by atoms with Crippen LogP contribution in [0.1, 0.15) is 32.1 Å². The molecule has 6 nitrogen and oxygen atoms in total. The molecule has 0 aliphatic heterocycles. The lowest BCUT2D eigenvalue weighted by molar-refractivity contribution is 0.0686. The summed E-state index contributed by atoms with van der Waals surface area (Å²) in [6.45, 7) is 3.67. The minimum Gasteiger partial charge on any atom is -0.478 e. The summed E-state index contributed by atoms with van der Waals surface area (Å²) in [5, 5.41) is 18.0. The van der Waals surface area contributed by atoms with Crippen LogP contribution >= 0.6 is 0 Å². The van der Waals surface area contributed by atoms with Gasteiger partial charge in [0.05, 0.1) is 33.9 Å². The fraction of sp³-hybridized carbons (Fsp3) is 0.100. The zero-order valence-corrected chi connectivity index (χ0v) is 14.2. The van der Waals surface area contributed by atoms with Crippen molar-refractivity contribution in [1.29, 1.82) is 0 Å². The van der Waals surface area contributed by atoms with Gasteiger partial charge in [0.1, 0.15) is 0 Å². The highest BCUT2D eigenvalue weighted by Crippen LogP contribution is 2.27. The Morgan fingerprint density at radius 2 is 0.962 bits per heavy atom. The first-order valence-corrected chi connectivity index (χ1v) is 7.89. The molecule has 1 aromatic heterocycles. The number of carboxylic acid groups (broad SMARTS) is 2. The van der Waals surface area contributed by atoms with E-state index in [4.69, 9.17) is 10.2 Å². The largest absolute Gasteiger partial charge is 0.478 e. The summed E-state index contributed by atoms with van der Waals surface area (Å²) in [5.74, 6) is -1.95. The molecule has 2 aromatic carbocycles. The second-order valence-corrected chi connectivity index (χ2v) is 5.86. The van der Waals surface area contributed by atoms with Gasteiger partial charge in [-0.25, -0.2) is 19.6 Å². The number of aromatic nitrogens is 2. The number of hydrogen-bond acceptors (Lipinski definition) is 4. The Hall–Kier alpha value is -3.54. The maximum atomic E-state index is 11.0. The Balaban J connectivity index is 2.00. The SMILES string of the molecule is Cc1nc(-c2ccc(C(=O)O)cc2)c(C)nc1-c1ccc(C(=O)O)cc1. The van der Waals surface area contributed by atoms with Crippen molar-refractivity contribution in [2.75, 3.05) is 0 Å². The zero-order chi connectivity index (χ0) is 18.8. The van der Waals surface area contributed by atoms with Gasteiger partial charge in [0.15, 0.2) is 0 Å². The average molecular weight is 348 g/mol. The van der Waals surface area contributed by atoms with Gasteiger partial charge in [0.25, 0.3) is 0 Å². The maximum Gasteiger partial charge on any atom is 0.335 e. The van der Waals surface area contributed by atoms with Crippen molar-refractivity contribution in [3.63, 3.8) is 0 Å².